The molecule has 2 heterocycles. The number of benzene rings is 1. The van der Waals surface area contributed by atoms with Gasteiger partial charge in [0.05, 0.1) is 11.5 Å². The Balaban J connectivity index is 1.64. The summed E-state index contributed by atoms with van der Waals surface area (Å²) >= 11 is 0. The van der Waals surface area contributed by atoms with Crippen LogP contribution in [0.4, 0.5) is 19.1 Å². The molecule has 0 aliphatic carbocycles. The van der Waals surface area contributed by atoms with Gasteiger partial charge in [0.2, 0.25) is 17.8 Å². The van der Waals surface area contributed by atoms with Crippen molar-refractivity contribution in [2.24, 2.45) is 5.92 Å². The highest BCUT2D eigenvalue weighted by molar-refractivity contribution is 5.96. The molecule has 2 aromatic rings. The van der Waals surface area contributed by atoms with Gasteiger partial charge in [-0.15, -0.1) is 0 Å². The molecule has 1 aromatic heterocycles. The zero-order valence-electron chi connectivity index (χ0n) is 12.9. The molecule has 7 nitrogen and oxygen atoms in total. The maximum Gasteiger partial charge on any atom is 0.416 e. The average Bonchev–Trinajstić information content (AvgIpc) is 3.17. The molecule has 25 heavy (non-hydrogen) atoms. The molecule has 0 spiro atoms. The van der Waals surface area contributed by atoms with Crippen molar-refractivity contribution >= 4 is 17.8 Å². The second-order valence-electron chi connectivity index (χ2n) is 5.70. The van der Waals surface area contributed by atoms with Gasteiger partial charge in [-0.1, -0.05) is 12.1 Å². The Kier molecular flexibility index (Phi) is 4.43. The van der Waals surface area contributed by atoms with E-state index in [-0.39, 0.29) is 31.4 Å². The number of anilines is 1. The number of nitrogens with zero attached hydrogens (tertiary/aromatic N) is 3. The minimum atomic E-state index is -4.44. The Bertz CT molecular complexity index is 776. The van der Waals surface area contributed by atoms with Crippen molar-refractivity contribution < 1.29 is 22.8 Å². The number of carbonyl (C=O) groups excluding carboxylic acids is 2. The monoisotopic (exact) mass is 353 g/mol. The highest BCUT2D eigenvalue weighted by Gasteiger charge is 2.35. The van der Waals surface area contributed by atoms with Crippen molar-refractivity contribution in [3.8, 4) is 0 Å². The van der Waals surface area contributed by atoms with E-state index in [9.17, 15) is 22.8 Å². The van der Waals surface area contributed by atoms with E-state index in [2.05, 4.69) is 20.5 Å². The van der Waals surface area contributed by atoms with E-state index in [1.807, 2.05) is 0 Å². The van der Waals surface area contributed by atoms with Gasteiger partial charge in [0.25, 0.3) is 0 Å². The lowest BCUT2D eigenvalue weighted by Gasteiger charge is -2.17. The molecule has 1 saturated heterocycles. The highest BCUT2D eigenvalue weighted by atomic mass is 19.4. The fraction of sp³-hybridized carbons (Fsp3) is 0.333. The van der Waals surface area contributed by atoms with Crippen molar-refractivity contribution in [3.63, 3.8) is 0 Å². The predicted molar refractivity (Wildman–Crippen MR) is 80.0 cm³/mol. The second kappa shape index (κ2) is 6.54. The first-order valence-electron chi connectivity index (χ1n) is 7.43. The van der Waals surface area contributed by atoms with Crippen molar-refractivity contribution in [3.05, 3.63) is 41.7 Å². The van der Waals surface area contributed by atoms with Crippen LogP contribution in [0.15, 0.2) is 30.6 Å². The summed E-state index contributed by atoms with van der Waals surface area (Å²) in [7, 11) is 0. The minimum Gasteiger partial charge on any atom is -0.338 e. The number of halogens is 3. The number of aromatic nitrogens is 3. The van der Waals surface area contributed by atoms with Crippen LogP contribution in [0.25, 0.3) is 0 Å². The third kappa shape index (κ3) is 3.95. The van der Waals surface area contributed by atoms with Gasteiger partial charge in [-0.3, -0.25) is 14.9 Å². The van der Waals surface area contributed by atoms with E-state index in [4.69, 9.17) is 0 Å². The van der Waals surface area contributed by atoms with Gasteiger partial charge < -0.3 is 4.90 Å². The van der Waals surface area contributed by atoms with Crippen molar-refractivity contribution in [1.29, 1.82) is 0 Å². The summed E-state index contributed by atoms with van der Waals surface area (Å²) in [6.07, 6.45) is -3.21. The molecule has 1 unspecified atom stereocenters. The van der Waals surface area contributed by atoms with Crippen LogP contribution in [0.2, 0.25) is 0 Å². The molecule has 3 rings (SSSR count). The summed E-state index contributed by atoms with van der Waals surface area (Å²) in [5.74, 6) is -1.09. The first-order chi connectivity index (χ1) is 11.8. The lowest BCUT2D eigenvalue weighted by atomic mass is 10.1. The molecule has 0 radical (unpaired) electrons. The molecule has 0 bridgehead atoms. The molecule has 1 aliphatic heterocycles. The number of amides is 2. The molecule has 2 amide bonds. The SMILES string of the molecule is O=C(Nc1ncn[nH]1)C1CC(=O)N(Cc2cccc(C(F)(F)F)c2)C1. The standard InChI is InChI=1S/C15H14F3N5O2/c16-15(17,18)11-3-1-2-9(4-11)6-23-7-10(5-12(23)24)13(25)21-14-19-8-20-22-14/h1-4,8,10H,5-7H2,(H2,19,20,21,22,25). The summed E-state index contributed by atoms with van der Waals surface area (Å²) in [5, 5.41) is 8.57. The van der Waals surface area contributed by atoms with Gasteiger partial charge in [-0.25, -0.2) is 5.10 Å². The Hall–Kier alpha value is -2.91. The zero-order valence-corrected chi connectivity index (χ0v) is 12.9. The maximum atomic E-state index is 12.8. The first-order valence-corrected chi connectivity index (χ1v) is 7.43. The van der Waals surface area contributed by atoms with E-state index in [0.717, 1.165) is 12.1 Å². The predicted octanol–water partition coefficient (Wildman–Crippen LogP) is 1.81. The van der Waals surface area contributed by atoms with E-state index in [1.54, 1.807) is 0 Å². The van der Waals surface area contributed by atoms with E-state index in [0.29, 0.717) is 5.56 Å². The molecule has 1 aromatic carbocycles. The van der Waals surface area contributed by atoms with Crippen LogP contribution in [0.5, 0.6) is 0 Å². The summed E-state index contributed by atoms with van der Waals surface area (Å²) in [6.45, 7) is 0.157. The molecule has 0 saturated carbocycles. The lowest BCUT2D eigenvalue weighted by molar-refractivity contribution is -0.137. The number of likely N-dealkylation sites (tertiary alicyclic amines) is 1. The quantitative estimate of drug-likeness (QED) is 0.877. The van der Waals surface area contributed by atoms with E-state index in [1.165, 1.54) is 23.4 Å². The van der Waals surface area contributed by atoms with Crippen molar-refractivity contribution in [1.82, 2.24) is 20.1 Å². The summed E-state index contributed by atoms with van der Waals surface area (Å²) in [5.41, 5.74) is -0.407. The number of hydrogen-bond donors (Lipinski definition) is 2. The van der Waals surface area contributed by atoms with E-state index < -0.39 is 23.6 Å². The van der Waals surface area contributed by atoms with Crippen LogP contribution in [-0.4, -0.2) is 38.4 Å². The molecule has 1 aliphatic rings. The fourth-order valence-electron chi connectivity index (χ4n) is 2.65. The van der Waals surface area contributed by atoms with Gasteiger partial charge in [-0.2, -0.15) is 23.3 Å². The zero-order chi connectivity index (χ0) is 18.0. The Morgan fingerprint density at radius 1 is 1.40 bits per heavy atom. The van der Waals surface area contributed by atoms with Crippen LogP contribution >= 0.6 is 0 Å². The normalized spacial score (nSPS) is 17.8. The van der Waals surface area contributed by atoms with Gasteiger partial charge in [0.1, 0.15) is 6.33 Å². The van der Waals surface area contributed by atoms with Crippen molar-refractivity contribution in [2.75, 3.05) is 11.9 Å². The summed E-state index contributed by atoms with van der Waals surface area (Å²) in [4.78, 5) is 29.3. The molecule has 10 heteroatoms. The Morgan fingerprint density at radius 3 is 2.88 bits per heavy atom. The summed E-state index contributed by atoms with van der Waals surface area (Å²) < 4.78 is 38.3. The van der Waals surface area contributed by atoms with Crippen LogP contribution < -0.4 is 5.32 Å². The van der Waals surface area contributed by atoms with Crippen LogP contribution in [0.3, 0.4) is 0 Å². The number of alkyl halides is 3. The number of carbonyl (C=O) groups is 2. The van der Waals surface area contributed by atoms with Crippen LogP contribution in [0.1, 0.15) is 17.5 Å². The number of rotatable bonds is 4. The molecule has 1 atom stereocenters. The second-order valence-corrected chi connectivity index (χ2v) is 5.70. The topological polar surface area (TPSA) is 91.0 Å². The molecule has 132 valence electrons. The largest absolute Gasteiger partial charge is 0.416 e. The first kappa shape index (κ1) is 16.9. The third-order valence-electron chi connectivity index (χ3n) is 3.87. The van der Waals surface area contributed by atoms with Crippen LogP contribution in [0, 0.1) is 5.92 Å². The number of nitrogens with one attached hydrogen (secondary N) is 2. The average molecular weight is 353 g/mol. The number of hydrogen-bond acceptors (Lipinski definition) is 4. The third-order valence-corrected chi connectivity index (χ3v) is 3.87. The van der Waals surface area contributed by atoms with Gasteiger partial charge in [0, 0.05) is 19.5 Å². The fourth-order valence-corrected chi connectivity index (χ4v) is 2.65. The number of H-pyrrole nitrogens is 1. The Labute approximate surface area is 140 Å². The molecule has 2 N–H and O–H groups in total. The van der Waals surface area contributed by atoms with Gasteiger partial charge in [-0.05, 0) is 17.7 Å². The van der Waals surface area contributed by atoms with Gasteiger partial charge >= 0.3 is 6.18 Å². The summed E-state index contributed by atoms with van der Waals surface area (Å²) in [6, 6.07) is 4.80. The Morgan fingerprint density at radius 2 is 2.20 bits per heavy atom. The molecular formula is C15H14F3N5O2. The smallest absolute Gasteiger partial charge is 0.338 e. The van der Waals surface area contributed by atoms with Gasteiger partial charge in [0.15, 0.2) is 0 Å². The van der Waals surface area contributed by atoms with Crippen molar-refractivity contribution in [2.45, 2.75) is 19.1 Å². The maximum absolute atomic E-state index is 12.8. The van der Waals surface area contributed by atoms with E-state index >= 15 is 0 Å². The highest BCUT2D eigenvalue weighted by Crippen LogP contribution is 2.30. The minimum absolute atomic E-state index is 0.00106. The number of aromatic amines is 1. The molecule has 1 fully saturated rings. The molecular weight excluding hydrogens is 339 g/mol. The lowest BCUT2D eigenvalue weighted by Crippen LogP contribution is -2.28. The van der Waals surface area contributed by atoms with Crippen LogP contribution in [-0.2, 0) is 22.3 Å².